The standard InChI is InChI=1S/C29H36F2N4O2/c1-18(2)17-34-10-8-23(9-11-34)35-12-6-20(7-13-35)22-14-19(3)27-24(15-22)32-28(33-27)21-4-5-25-26(16-21)37-29(30,31)36-25/h4-5,14-16,18,20,23H,6-13,17H2,1-3H3,(H,32,33). The number of rotatable bonds is 5. The van der Waals surface area contributed by atoms with Crippen molar-refractivity contribution in [3.8, 4) is 22.9 Å². The van der Waals surface area contributed by atoms with Gasteiger partial charge in [-0.2, -0.15) is 0 Å². The number of benzene rings is 2. The Hall–Kier alpha value is -2.71. The second-order valence-corrected chi connectivity index (χ2v) is 11.4. The van der Waals surface area contributed by atoms with Crippen molar-refractivity contribution in [2.45, 2.75) is 64.7 Å². The number of likely N-dealkylation sites (tertiary alicyclic amines) is 2. The molecule has 0 spiro atoms. The van der Waals surface area contributed by atoms with Gasteiger partial charge in [0.05, 0.1) is 11.0 Å². The summed E-state index contributed by atoms with van der Waals surface area (Å²) in [4.78, 5) is 13.5. The van der Waals surface area contributed by atoms with E-state index in [4.69, 9.17) is 4.98 Å². The molecule has 8 heteroatoms. The molecule has 2 fully saturated rings. The number of hydrogen-bond donors (Lipinski definition) is 1. The molecule has 0 radical (unpaired) electrons. The highest BCUT2D eigenvalue weighted by atomic mass is 19.3. The summed E-state index contributed by atoms with van der Waals surface area (Å²) in [5, 5.41) is 0. The smallest absolute Gasteiger partial charge is 0.395 e. The number of fused-ring (bicyclic) bond motifs is 2. The van der Waals surface area contributed by atoms with Crippen molar-refractivity contribution >= 4 is 11.0 Å². The molecular weight excluding hydrogens is 474 g/mol. The predicted molar refractivity (Wildman–Crippen MR) is 140 cm³/mol. The summed E-state index contributed by atoms with van der Waals surface area (Å²) in [5.41, 5.74) is 5.06. The minimum Gasteiger partial charge on any atom is -0.395 e. The average molecular weight is 511 g/mol. The molecule has 6 nitrogen and oxygen atoms in total. The van der Waals surface area contributed by atoms with Crippen LogP contribution in [0.15, 0.2) is 30.3 Å². The van der Waals surface area contributed by atoms with Crippen LogP contribution in [0.3, 0.4) is 0 Å². The van der Waals surface area contributed by atoms with Gasteiger partial charge in [0.2, 0.25) is 0 Å². The van der Waals surface area contributed by atoms with E-state index in [9.17, 15) is 8.78 Å². The minimum atomic E-state index is -3.62. The monoisotopic (exact) mass is 510 g/mol. The lowest BCUT2D eigenvalue weighted by Gasteiger charge is -2.42. The van der Waals surface area contributed by atoms with E-state index in [2.05, 4.69) is 57.2 Å². The van der Waals surface area contributed by atoms with Crippen LogP contribution >= 0.6 is 0 Å². The van der Waals surface area contributed by atoms with Crippen molar-refractivity contribution < 1.29 is 18.3 Å². The molecule has 0 bridgehead atoms. The second kappa shape index (κ2) is 9.55. The SMILES string of the molecule is Cc1cc(C2CCN(C3CCN(CC(C)C)CC3)CC2)cc2[nH]c(-c3ccc4c(c3)OC(F)(F)O4)nc12. The quantitative estimate of drug-likeness (QED) is 0.446. The summed E-state index contributed by atoms with van der Waals surface area (Å²) in [6.45, 7) is 12.7. The van der Waals surface area contributed by atoms with Gasteiger partial charge in [0, 0.05) is 18.2 Å². The van der Waals surface area contributed by atoms with Gasteiger partial charge in [-0.1, -0.05) is 19.9 Å². The van der Waals surface area contributed by atoms with Crippen LogP contribution in [0.2, 0.25) is 0 Å². The summed E-state index contributed by atoms with van der Waals surface area (Å²) < 4.78 is 36.0. The maximum atomic E-state index is 13.4. The molecular formula is C29H36F2N4O2. The third-order valence-corrected chi connectivity index (χ3v) is 8.17. The second-order valence-electron chi connectivity index (χ2n) is 11.4. The summed E-state index contributed by atoms with van der Waals surface area (Å²) in [7, 11) is 0. The first kappa shape index (κ1) is 24.6. The van der Waals surface area contributed by atoms with Gasteiger partial charge >= 0.3 is 6.29 Å². The number of nitrogens with zero attached hydrogens (tertiary/aromatic N) is 3. The fraction of sp³-hybridized carbons (Fsp3) is 0.552. The van der Waals surface area contributed by atoms with E-state index in [-0.39, 0.29) is 11.5 Å². The Balaban J connectivity index is 1.13. The maximum absolute atomic E-state index is 13.4. The van der Waals surface area contributed by atoms with Gasteiger partial charge in [-0.15, -0.1) is 8.78 Å². The zero-order chi connectivity index (χ0) is 25.7. The molecule has 198 valence electrons. The van der Waals surface area contributed by atoms with Crippen LogP contribution in [-0.4, -0.2) is 64.8 Å². The zero-order valence-corrected chi connectivity index (χ0v) is 21.9. The molecule has 4 heterocycles. The Bertz CT molecular complexity index is 1270. The largest absolute Gasteiger partial charge is 0.586 e. The van der Waals surface area contributed by atoms with Crippen molar-refractivity contribution in [3.05, 3.63) is 41.5 Å². The Morgan fingerprint density at radius 3 is 2.46 bits per heavy atom. The first-order valence-corrected chi connectivity index (χ1v) is 13.6. The first-order valence-electron chi connectivity index (χ1n) is 13.6. The average Bonchev–Trinajstić information content (AvgIpc) is 3.43. The van der Waals surface area contributed by atoms with Crippen LogP contribution in [0, 0.1) is 12.8 Å². The van der Waals surface area contributed by atoms with E-state index in [1.165, 1.54) is 56.9 Å². The van der Waals surface area contributed by atoms with Gasteiger partial charge in [-0.25, -0.2) is 4.98 Å². The molecule has 1 aromatic heterocycles. The van der Waals surface area contributed by atoms with Gasteiger partial charge in [0.25, 0.3) is 0 Å². The maximum Gasteiger partial charge on any atom is 0.586 e. The van der Waals surface area contributed by atoms with Gasteiger partial charge in [0.15, 0.2) is 11.5 Å². The molecule has 3 aliphatic rings. The van der Waals surface area contributed by atoms with Crippen LogP contribution in [0.1, 0.15) is 56.6 Å². The number of hydrogen-bond acceptors (Lipinski definition) is 5. The summed E-state index contributed by atoms with van der Waals surface area (Å²) in [6.07, 6.45) is 1.30. The number of H-pyrrole nitrogens is 1. The highest BCUT2D eigenvalue weighted by Crippen LogP contribution is 2.43. The molecule has 0 atom stereocenters. The van der Waals surface area contributed by atoms with Crippen molar-refractivity contribution in [2.75, 3.05) is 32.7 Å². The molecule has 0 amide bonds. The Morgan fingerprint density at radius 1 is 1.00 bits per heavy atom. The Kier molecular flexibility index (Phi) is 6.35. The van der Waals surface area contributed by atoms with E-state index >= 15 is 0 Å². The highest BCUT2D eigenvalue weighted by molar-refractivity contribution is 5.83. The number of piperidine rings is 2. The summed E-state index contributed by atoms with van der Waals surface area (Å²) in [5.74, 6) is 1.98. The number of halogens is 2. The van der Waals surface area contributed by atoms with Crippen LogP contribution < -0.4 is 9.47 Å². The van der Waals surface area contributed by atoms with E-state index in [1.807, 2.05) is 0 Å². The number of imidazole rings is 1. The minimum absolute atomic E-state index is 0.0257. The van der Waals surface area contributed by atoms with Crippen molar-refractivity contribution in [2.24, 2.45) is 5.92 Å². The van der Waals surface area contributed by atoms with Gasteiger partial charge in [-0.3, -0.25) is 0 Å². The molecule has 0 saturated carbocycles. The lowest BCUT2D eigenvalue weighted by Crippen LogP contribution is -2.48. The van der Waals surface area contributed by atoms with E-state index in [0.717, 1.165) is 41.6 Å². The third kappa shape index (κ3) is 5.06. The number of aromatic nitrogens is 2. The van der Waals surface area contributed by atoms with Crippen LogP contribution in [0.25, 0.3) is 22.4 Å². The number of ether oxygens (including phenoxy) is 2. The number of aryl methyl sites for hydroxylation is 1. The topological polar surface area (TPSA) is 53.6 Å². The van der Waals surface area contributed by atoms with Crippen molar-refractivity contribution in [3.63, 3.8) is 0 Å². The molecule has 0 unspecified atom stereocenters. The molecule has 3 aromatic rings. The van der Waals surface area contributed by atoms with Crippen molar-refractivity contribution in [1.29, 1.82) is 0 Å². The summed E-state index contributed by atoms with van der Waals surface area (Å²) >= 11 is 0. The van der Waals surface area contributed by atoms with Crippen LogP contribution in [0.4, 0.5) is 8.78 Å². The number of nitrogens with one attached hydrogen (secondary N) is 1. The molecule has 6 rings (SSSR count). The zero-order valence-electron chi connectivity index (χ0n) is 21.9. The Labute approximate surface area is 216 Å². The molecule has 0 aliphatic carbocycles. The third-order valence-electron chi connectivity index (χ3n) is 8.17. The molecule has 1 N–H and O–H groups in total. The number of alkyl halides is 2. The molecule has 3 aliphatic heterocycles. The Morgan fingerprint density at radius 2 is 1.73 bits per heavy atom. The molecule has 2 saturated heterocycles. The fourth-order valence-corrected chi connectivity index (χ4v) is 6.37. The molecule has 2 aromatic carbocycles. The normalized spacial score (nSPS) is 21.4. The first-order chi connectivity index (χ1) is 17.7. The molecule has 37 heavy (non-hydrogen) atoms. The summed E-state index contributed by atoms with van der Waals surface area (Å²) in [6, 6.07) is 10.0. The van der Waals surface area contributed by atoms with Crippen LogP contribution in [0.5, 0.6) is 11.5 Å². The lowest BCUT2D eigenvalue weighted by atomic mass is 9.87. The number of aromatic amines is 1. The van der Waals surface area contributed by atoms with Gasteiger partial charge < -0.3 is 24.3 Å². The van der Waals surface area contributed by atoms with Crippen molar-refractivity contribution in [1.82, 2.24) is 19.8 Å². The fourth-order valence-electron chi connectivity index (χ4n) is 6.37. The van der Waals surface area contributed by atoms with Gasteiger partial charge in [0.1, 0.15) is 5.82 Å². The van der Waals surface area contributed by atoms with E-state index in [1.54, 1.807) is 12.1 Å². The van der Waals surface area contributed by atoms with E-state index in [0.29, 0.717) is 17.3 Å². The highest BCUT2D eigenvalue weighted by Gasteiger charge is 2.43. The predicted octanol–water partition coefficient (Wildman–Crippen LogP) is 6.16. The van der Waals surface area contributed by atoms with Gasteiger partial charge in [-0.05, 0) is 106 Å². The van der Waals surface area contributed by atoms with Crippen LogP contribution in [-0.2, 0) is 0 Å². The van der Waals surface area contributed by atoms with E-state index < -0.39 is 6.29 Å². The lowest BCUT2D eigenvalue weighted by molar-refractivity contribution is -0.286.